The minimum absolute atomic E-state index is 0.0241. The second kappa shape index (κ2) is 17.1. The molecule has 3 N–H and O–H groups in total. The minimum atomic E-state index is -4.65. The summed E-state index contributed by atoms with van der Waals surface area (Å²) < 4.78 is 67.6. The number of rotatable bonds is 17. The van der Waals surface area contributed by atoms with Crippen LogP contribution < -0.4 is 5.32 Å². The van der Waals surface area contributed by atoms with Crippen molar-refractivity contribution < 1.29 is 56.0 Å². The maximum atomic E-state index is 13.6. The van der Waals surface area contributed by atoms with Crippen molar-refractivity contribution in [3.05, 3.63) is 23.0 Å². The number of nitrogens with one attached hydrogen (secondary N) is 1. The van der Waals surface area contributed by atoms with Crippen molar-refractivity contribution in [3.8, 4) is 6.07 Å². The third kappa shape index (κ3) is 10.4. The second-order valence-corrected chi connectivity index (χ2v) is 18.2. The summed E-state index contributed by atoms with van der Waals surface area (Å²) in [7, 11) is -9.12. The first-order chi connectivity index (χ1) is 23.5. The van der Waals surface area contributed by atoms with Gasteiger partial charge in [0.25, 0.3) is 0 Å². The van der Waals surface area contributed by atoms with E-state index < -0.39 is 78.7 Å². The highest BCUT2D eigenvalue weighted by Crippen LogP contribution is 2.50. The molecule has 1 aliphatic carbocycles. The zero-order valence-electron chi connectivity index (χ0n) is 28.3. The topological polar surface area (TPSA) is 226 Å². The molecule has 19 heteroatoms. The fraction of sp³-hybridized carbons (Fsp3) is 0.677. The van der Waals surface area contributed by atoms with Gasteiger partial charge >= 0.3 is 19.5 Å². The van der Waals surface area contributed by atoms with E-state index in [-0.39, 0.29) is 47.1 Å². The molecule has 278 valence electrons. The highest BCUT2D eigenvalue weighted by Gasteiger charge is 2.47. The quantitative estimate of drug-likeness (QED) is 0.0887. The van der Waals surface area contributed by atoms with E-state index >= 15 is 0 Å². The van der Waals surface area contributed by atoms with E-state index in [1.807, 2.05) is 0 Å². The number of nitriles is 1. The molecule has 4 rings (SSSR count). The van der Waals surface area contributed by atoms with Crippen LogP contribution in [0.4, 0.5) is 5.69 Å². The Morgan fingerprint density at radius 1 is 1.10 bits per heavy atom. The number of halogens is 1. The van der Waals surface area contributed by atoms with Crippen LogP contribution in [0.25, 0.3) is 11.0 Å². The molecule has 0 radical (unpaired) electrons. The molecule has 2 aromatic rings. The SMILES string of the molecule is CC(C)CC(=O)OCOP(=O)(CS(=O)(=O)C[C@H]1OC(n2ccc3c(NC4CCCC4)c(C#N)c(Cl)nc32)[C@H](O)[C@@H]1O)OCOC(=O)CC(C)C. The number of ether oxygens (including phenoxy) is 3. The number of fused-ring (bicyclic) bond motifs is 1. The Morgan fingerprint density at radius 2 is 1.68 bits per heavy atom. The molecule has 1 saturated carbocycles. The molecule has 3 heterocycles. The van der Waals surface area contributed by atoms with Crippen molar-refractivity contribution in [1.82, 2.24) is 9.55 Å². The number of anilines is 1. The zero-order valence-corrected chi connectivity index (χ0v) is 30.8. The van der Waals surface area contributed by atoms with Gasteiger partial charge in [0, 0.05) is 30.5 Å². The van der Waals surface area contributed by atoms with E-state index in [4.69, 9.17) is 34.9 Å². The summed E-state index contributed by atoms with van der Waals surface area (Å²) in [5.74, 6) is -2.39. The van der Waals surface area contributed by atoms with Crippen LogP contribution in [0.2, 0.25) is 5.15 Å². The predicted octanol–water partition coefficient (Wildman–Crippen LogP) is 4.23. The molecule has 1 aliphatic heterocycles. The van der Waals surface area contributed by atoms with Crippen molar-refractivity contribution in [3.63, 3.8) is 0 Å². The molecular formula is C31H44ClN4O12PS. The first-order valence-corrected chi connectivity index (χ1v) is 20.2. The number of aromatic nitrogens is 2. The lowest BCUT2D eigenvalue weighted by Crippen LogP contribution is -2.36. The van der Waals surface area contributed by atoms with E-state index in [2.05, 4.69) is 16.4 Å². The zero-order chi connectivity index (χ0) is 36.8. The lowest BCUT2D eigenvalue weighted by molar-refractivity contribution is -0.153. The molecule has 1 unspecified atom stereocenters. The number of carbonyl (C=O) groups excluding carboxylic acids is 2. The molecule has 2 fully saturated rings. The first kappa shape index (κ1) is 40.0. The van der Waals surface area contributed by atoms with Crippen molar-refractivity contribution >= 4 is 57.7 Å². The maximum Gasteiger partial charge on any atom is 0.351 e. The molecule has 4 atom stereocenters. The number of aliphatic hydroxyl groups is 2. The summed E-state index contributed by atoms with van der Waals surface area (Å²) in [5.41, 5.74) is -0.410. The van der Waals surface area contributed by atoms with Gasteiger partial charge in [0.2, 0.25) is 13.6 Å². The number of sulfone groups is 1. The van der Waals surface area contributed by atoms with E-state index in [0.29, 0.717) is 11.1 Å². The number of carbonyl (C=O) groups is 2. The van der Waals surface area contributed by atoms with Crippen LogP contribution in [0.5, 0.6) is 0 Å². The van der Waals surface area contributed by atoms with Crippen LogP contribution in [0.1, 0.15) is 78.0 Å². The second-order valence-electron chi connectivity index (χ2n) is 13.3. The largest absolute Gasteiger partial charge is 0.438 e. The van der Waals surface area contributed by atoms with Crippen LogP contribution >= 0.6 is 19.2 Å². The number of esters is 2. The van der Waals surface area contributed by atoms with Crippen LogP contribution in [-0.2, 0) is 47.2 Å². The van der Waals surface area contributed by atoms with Gasteiger partial charge in [-0.25, -0.2) is 13.4 Å². The molecule has 50 heavy (non-hydrogen) atoms. The Morgan fingerprint density at radius 3 is 2.22 bits per heavy atom. The van der Waals surface area contributed by atoms with Gasteiger partial charge in [-0.3, -0.25) is 23.2 Å². The van der Waals surface area contributed by atoms with Gasteiger partial charge in [-0.2, -0.15) is 5.26 Å². The molecule has 0 bridgehead atoms. The summed E-state index contributed by atoms with van der Waals surface area (Å²) in [6.07, 6.45) is -0.709. The standard InChI is InChI=1S/C31H44ClN4O12PS/c1-18(2)11-24(37)44-15-46-49(41,47-16-45-25(38)12-19(3)4)17-50(42,43)14-23-27(39)28(40)31(48-23)36-10-9-21-26(34-20-7-5-6-8-20)22(13-33)29(32)35-30(21)36/h9-10,18-20,23,27-28,31,39-40H,5-8,11-12,14-17H2,1-4H3,(H,34,35)/t23-,27-,28-,31?/m1/s1. The summed E-state index contributed by atoms with van der Waals surface area (Å²) in [6, 6.07) is 3.85. The van der Waals surface area contributed by atoms with Crippen LogP contribution in [0, 0.1) is 23.2 Å². The molecule has 0 aromatic carbocycles. The molecular weight excluding hydrogens is 719 g/mol. The normalized spacial score (nSPS) is 21.6. The number of aliphatic hydroxyl groups excluding tert-OH is 2. The highest BCUT2D eigenvalue weighted by atomic mass is 35.5. The van der Waals surface area contributed by atoms with Gasteiger partial charge in [-0.05, 0) is 30.7 Å². The maximum absolute atomic E-state index is 13.6. The molecule has 2 aromatic heterocycles. The van der Waals surface area contributed by atoms with Crippen molar-refractivity contribution in [2.24, 2.45) is 11.8 Å². The van der Waals surface area contributed by atoms with Gasteiger partial charge in [-0.1, -0.05) is 52.1 Å². The Hall–Kier alpha value is -2.81. The third-order valence-corrected chi connectivity index (χ3v) is 13.1. The predicted molar refractivity (Wildman–Crippen MR) is 181 cm³/mol. The van der Waals surface area contributed by atoms with Crippen molar-refractivity contribution in [2.45, 2.75) is 96.8 Å². The van der Waals surface area contributed by atoms with Crippen LogP contribution in [0.15, 0.2) is 12.3 Å². The summed E-state index contributed by atoms with van der Waals surface area (Å²) >= 11 is 6.40. The summed E-state index contributed by atoms with van der Waals surface area (Å²) in [5, 5.41) is 35.5. The lowest BCUT2D eigenvalue weighted by atomic mass is 10.1. The molecule has 2 aliphatic rings. The van der Waals surface area contributed by atoms with Gasteiger partial charge in [0.15, 0.2) is 26.7 Å². The Kier molecular flexibility index (Phi) is 13.7. The molecule has 1 saturated heterocycles. The highest BCUT2D eigenvalue weighted by molar-refractivity contribution is 7.97. The number of pyridine rings is 1. The van der Waals surface area contributed by atoms with E-state index in [1.165, 1.54) is 10.8 Å². The van der Waals surface area contributed by atoms with Crippen molar-refractivity contribution in [1.29, 1.82) is 5.26 Å². The third-order valence-electron chi connectivity index (χ3n) is 8.11. The fourth-order valence-corrected chi connectivity index (χ4v) is 10.2. The van der Waals surface area contributed by atoms with Crippen molar-refractivity contribution in [2.75, 3.05) is 30.1 Å². The van der Waals surface area contributed by atoms with Gasteiger partial charge in [-0.15, -0.1) is 0 Å². The van der Waals surface area contributed by atoms with Gasteiger partial charge in [0.1, 0.15) is 35.6 Å². The number of nitrogens with zero attached hydrogens (tertiary/aromatic N) is 3. The smallest absolute Gasteiger partial charge is 0.351 e. The molecule has 0 spiro atoms. The fourth-order valence-electron chi connectivity index (χ4n) is 5.75. The summed E-state index contributed by atoms with van der Waals surface area (Å²) in [4.78, 5) is 28.3. The van der Waals surface area contributed by atoms with Gasteiger partial charge in [0.05, 0.1) is 11.4 Å². The number of hydrogen-bond acceptors (Lipinski definition) is 15. The Bertz CT molecular complexity index is 1690. The lowest BCUT2D eigenvalue weighted by Gasteiger charge is -2.20. The van der Waals surface area contributed by atoms with Crippen LogP contribution in [-0.4, -0.2) is 89.3 Å². The first-order valence-electron chi connectivity index (χ1n) is 16.3. The van der Waals surface area contributed by atoms with E-state index in [1.54, 1.807) is 33.8 Å². The van der Waals surface area contributed by atoms with E-state index in [0.717, 1.165) is 25.7 Å². The summed E-state index contributed by atoms with van der Waals surface area (Å²) in [6.45, 7) is 5.30. The average molecular weight is 763 g/mol. The van der Waals surface area contributed by atoms with Crippen LogP contribution in [0.3, 0.4) is 0 Å². The Labute approximate surface area is 295 Å². The Balaban J connectivity index is 1.50. The number of hydrogen-bond donors (Lipinski definition) is 3. The molecule has 16 nitrogen and oxygen atoms in total. The molecule has 0 amide bonds. The average Bonchev–Trinajstić information content (AvgIpc) is 3.73. The van der Waals surface area contributed by atoms with Gasteiger partial charge < -0.3 is 34.3 Å². The van der Waals surface area contributed by atoms with E-state index in [9.17, 15) is 38.0 Å². The monoisotopic (exact) mass is 762 g/mol. The minimum Gasteiger partial charge on any atom is -0.438 e.